The van der Waals surface area contributed by atoms with Gasteiger partial charge in [-0.1, -0.05) is 6.07 Å². The molecule has 2 aromatic rings. The van der Waals surface area contributed by atoms with Crippen molar-refractivity contribution in [3.8, 4) is 0 Å². The van der Waals surface area contributed by atoms with Gasteiger partial charge in [-0.3, -0.25) is 14.6 Å². The number of amides is 2. The minimum atomic E-state index is -0.439. The molecule has 3 fully saturated rings. The van der Waals surface area contributed by atoms with Gasteiger partial charge < -0.3 is 20.4 Å². The highest BCUT2D eigenvalue weighted by Crippen LogP contribution is 2.54. The van der Waals surface area contributed by atoms with E-state index in [9.17, 15) is 14.0 Å². The fraction of sp³-hybridized carbons (Fsp3) is 0.435. The standard InChI is InChI=1S/C23H26FN7O2/c24-19-11-28-23(30-9-8-27-21(33)14-30)29-22(19)31-12-17-16(18(17)13-31)5-7-26-20(32)4-3-15-2-1-6-25-10-15/h1-4,6,10-11,16-18H,5,7-9,12-14H2,(H,26,32)(H,27,33)/b4-3+/t16?,17-,18+. The molecule has 2 saturated heterocycles. The number of nitrogens with zero attached hydrogens (tertiary/aromatic N) is 5. The number of nitrogens with one attached hydrogen (secondary N) is 2. The third-order valence-corrected chi connectivity index (χ3v) is 6.59. The highest BCUT2D eigenvalue weighted by atomic mass is 19.1. The quantitative estimate of drug-likeness (QED) is 0.602. The van der Waals surface area contributed by atoms with Crippen molar-refractivity contribution in [3.05, 3.63) is 48.2 Å². The van der Waals surface area contributed by atoms with Crippen molar-refractivity contribution >= 4 is 29.7 Å². The Morgan fingerprint density at radius 3 is 2.88 bits per heavy atom. The zero-order chi connectivity index (χ0) is 22.8. The highest BCUT2D eigenvalue weighted by Gasteiger charge is 2.55. The largest absolute Gasteiger partial charge is 0.353 e. The van der Waals surface area contributed by atoms with Crippen LogP contribution in [0, 0.1) is 23.6 Å². The average molecular weight is 452 g/mol. The zero-order valence-electron chi connectivity index (χ0n) is 18.2. The minimum absolute atomic E-state index is 0.0827. The summed E-state index contributed by atoms with van der Waals surface area (Å²) < 4.78 is 14.5. The summed E-state index contributed by atoms with van der Waals surface area (Å²) in [6.45, 7) is 3.43. The summed E-state index contributed by atoms with van der Waals surface area (Å²) >= 11 is 0. The van der Waals surface area contributed by atoms with E-state index < -0.39 is 5.82 Å². The van der Waals surface area contributed by atoms with Gasteiger partial charge in [0.05, 0.1) is 12.7 Å². The molecule has 0 radical (unpaired) electrons. The van der Waals surface area contributed by atoms with E-state index in [-0.39, 0.29) is 18.4 Å². The van der Waals surface area contributed by atoms with Crippen molar-refractivity contribution in [2.45, 2.75) is 6.42 Å². The Labute approximate surface area is 191 Å². The molecule has 0 aromatic carbocycles. The Balaban J connectivity index is 1.09. The molecule has 1 unspecified atom stereocenters. The van der Waals surface area contributed by atoms with Crippen LogP contribution in [-0.2, 0) is 9.59 Å². The number of hydrogen-bond donors (Lipinski definition) is 2. The Morgan fingerprint density at radius 1 is 1.27 bits per heavy atom. The number of hydrogen-bond acceptors (Lipinski definition) is 7. The van der Waals surface area contributed by atoms with Crippen molar-refractivity contribution in [1.82, 2.24) is 25.6 Å². The van der Waals surface area contributed by atoms with Crippen LogP contribution < -0.4 is 20.4 Å². The number of halogens is 1. The smallest absolute Gasteiger partial charge is 0.244 e. The maximum absolute atomic E-state index is 14.5. The van der Waals surface area contributed by atoms with E-state index in [1.807, 2.05) is 17.0 Å². The van der Waals surface area contributed by atoms with Gasteiger partial charge >= 0.3 is 0 Å². The van der Waals surface area contributed by atoms with Gasteiger partial charge in [-0.2, -0.15) is 4.98 Å². The lowest BCUT2D eigenvalue weighted by atomic mass is 10.2. The molecule has 10 heteroatoms. The van der Waals surface area contributed by atoms with E-state index in [0.717, 1.165) is 25.1 Å². The second-order valence-corrected chi connectivity index (χ2v) is 8.71. The highest BCUT2D eigenvalue weighted by molar-refractivity contribution is 5.91. The Bertz CT molecular complexity index is 1050. The number of piperidine rings is 1. The molecule has 2 aromatic heterocycles. The first-order valence-corrected chi connectivity index (χ1v) is 11.2. The van der Waals surface area contributed by atoms with Gasteiger partial charge in [-0.15, -0.1) is 0 Å². The lowest BCUT2D eigenvalue weighted by Gasteiger charge is -2.28. The zero-order valence-corrected chi connectivity index (χ0v) is 18.2. The molecule has 2 N–H and O–H groups in total. The predicted molar refractivity (Wildman–Crippen MR) is 121 cm³/mol. The molecule has 2 amide bonds. The first-order valence-electron chi connectivity index (χ1n) is 11.2. The summed E-state index contributed by atoms with van der Waals surface area (Å²) in [6, 6.07) is 3.72. The van der Waals surface area contributed by atoms with Crippen LogP contribution in [0.4, 0.5) is 16.2 Å². The number of anilines is 2. The first kappa shape index (κ1) is 21.3. The number of piperazine rings is 1. The fourth-order valence-corrected chi connectivity index (χ4v) is 4.85. The molecule has 172 valence electrons. The normalized spacial score (nSPS) is 24.0. The molecule has 4 heterocycles. The molecule has 1 saturated carbocycles. The van der Waals surface area contributed by atoms with Gasteiger partial charge in [-0.25, -0.2) is 9.37 Å². The van der Waals surface area contributed by atoms with E-state index in [0.29, 0.717) is 49.2 Å². The molecule has 1 aliphatic carbocycles. The number of aromatic nitrogens is 3. The van der Waals surface area contributed by atoms with Crippen LogP contribution >= 0.6 is 0 Å². The molecule has 0 bridgehead atoms. The average Bonchev–Trinajstić information content (AvgIpc) is 3.27. The third kappa shape index (κ3) is 4.79. The SMILES string of the molecule is O=C(/C=C/c1cccnc1)NCCC1[C@H]2CN(c3nc(N4CCNC(=O)C4)ncc3F)C[C@@H]12. The van der Waals surface area contributed by atoms with Crippen molar-refractivity contribution in [2.24, 2.45) is 17.8 Å². The van der Waals surface area contributed by atoms with Gasteiger partial charge in [0.25, 0.3) is 0 Å². The minimum Gasteiger partial charge on any atom is -0.353 e. The van der Waals surface area contributed by atoms with Gasteiger partial charge in [0.2, 0.25) is 17.8 Å². The fourth-order valence-electron chi connectivity index (χ4n) is 4.85. The van der Waals surface area contributed by atoms with Crippen molar-refractivity contribution < 1.29 is 14.0 Å². The van der Waals surface area contributed by atoms with E-state index in [2.05, 4.69) is 25.6 Å². The molecule has 2 aliphatic heterocycles. The monoisotopic (exact) mass is 451 g/mol. The molecule has 5 rings (SSSR count). The number of fused-ring (bicyclic) bond motifs is 1. The van der Waals surface area contributed by atoms with Crippen LogP contribution in [0.15, 0.2) is 36.8 Å². The second kappa shape index (κ2) is 9.13. The van der Waals surface area contributed by atoms with Crippen LogP contribution in [0.25, 0.3) is 6.08 Å². The number of carbonyl (C=O) groups excluding carboxylic acids is 2. The van der Waals surface area contributed by atoms with E-state index in [4.69, 9.17) is 0 Å². The van der Waals surface area contributed by atoms with Crippen LogP contribution in [0.1, 0.15) is 12.0 Å². The van der Waals surface area contributed by atoms with Crippen LogP contribution in [0.3, 0.4) is 0 Å². The lowest BCUT2D eigenvalue weighted by Crippen LogP contribution is -2.48. The summed E-state index contributed by atoms with van der Waals surface area (Å²) in [5.74, 6) is 1.59. The third-order valence-electron chi connectivity index (χ3n) is 6.59. The Hall–Kier alpha value is -3.56. The second-order valence-electron chi connectivity index (χ2n) is 8.71. The lowest BCUT2D eigenvalue weighted by molar-refractivity contribution is -0.120. The van der Waals surface area contributed by atoms with Gasteiger partial charge in [0, 0.05) is 51.2 Å². The van der Waals surface area contributed by atoms with Gasteiger partial charge in [-0.05, 0) is 41.9 Å². The molecule has 9 nitrogen and oxygen atoms in total. The molecule has 3 aliphatic rings. The Kier molecular flexibility index (Phi) is 5.89. The summed E-state index contributed by atoms with van der Waals surface area (Å²) in [5.41, 5.74) is 0.883. The maximum atomic E-state index is 14.5. The van der Waals surface area contributed by atoms with E-state index in [1.54, 1.807) is 23.4 Å². The number of rotatable bonds is 7. The van der Waals surface area contributed by atoms with Gasteiger partial charge in [0.15, 0.2) is 11.6 Å². The van der Waals surface area contributed by atoms with Crippen LogP contribution in [0.5, 0.6) is 0 Å². The summed E-state index contributed by atoms with van der Waals surface area (Å²) in [6.07, 6.45) is 8.77. The molecular formula is C23H26FN7O2. The predicted octanol–water partition coefficient (Wildman–Crippen LogP) is 0.849. The summed E-state index contributed by atoms with van der Waals surface area (Å²) in [5, 5.41) is 5.70. The van der Waals surface area contributed by atoms with Crippen LogP contribution in [-0.4, -0.2) is 66.0 Å². The topological polar surface area (TPSA) is 103 Å². The molecular weight excluding hydrogens is 425 g/mol. The number of pyridine rings is 1. The first-order chi connectivity index (χ1) is 16.1. The van der Waals surface area contributed by atoms with Gasteiger partial charge in [0.1, 0.15) is 0 Å². The molecule has 33 heavy (non-hydrogen) atoms. The Morgan fingerprint density at radius 2 is 2.12 bits per heavy atom. The van der Waals surface area contributed by atoms with Crippen molar-refractivity contribution in [3.63, 3.8) is 0 Å². The van der Waals surface area contributed by atoms with E-state index >= 15 is 0 Å². The van der Waals surface area contributed by atoms with Crippen LogP contribution in [0.2, 0.25) is 0 Å². The summed E-state index contributed by atoms with van der Waals surface area (Å²) in [7, 11) is 0. The van der Waals surface area contributed by atoms with E-state index in [1.165, 1.54) is 12.3 Å². The van der Waals surface area contributed by atoms with Crippen molar-refractivity contribution in [2.75, 3.05) is 49.1 Å². The summed E-state index contributed by atoms with van der Waals surface area (Å²) in [4.78, 5) is 39.9. The molecule has 0 spiro atoms. The number of carbonyl (C=O) groups is 2. The molecule has 3 atom stereocenters. The maximum Gasteiger partial charge on any atom is 0.244 e. The van der Waals surface area contributed by atoms with Crippen molar-refractivity contribution in [1.29, 1.82) is 0 Å².